The van der Waals surface area contributed by atoms with Crippen LogP contribution in [0.4, 0.5) is 16.2 Å². The Labute approximate surface area is 112 Å². The minimum atomic E-state index is -0.172. The molecule has 1 aliphatic rings. The molecule has 2 amide bonds. The van der Waals surface area contributed by atoms with Gasteiger partial charge >= 0.3 is 6.03 Å². The summed E-state index contributed by atoms with van der Waals surface area (Å²) in [5.41, 5.74) is 4.39. The van der Waals surface area contributed by atoms with E-state index in [2.05, 4.69) is 11.9 Å². The summed E-state index contributed by atoms with van der Waals surface area (Å²) in [4.78, 5) is 13.8. The molecule has 0 aromatic heterocycles. The van der Waals surface area contributed by atoms with Gasteiger partial charge in [-0.2, -0.15) is 0 Å². The van der Waals surface area contributed by atoms with E-state index in [0.29, 0.717) is 5.70 Å². The summed E-state index contributed by atoms with van der Waals surface area (Å²) in [7, 11) is 0. The predicted molar refractivity (Wildman–Crippen MR) is 78.2 cm³/mol. The minimum Gasteiger partial charge on any atom is -0.307 e. The molecule has 0 fully saturated rings. The van der Waals surface area contributed by atoms with Crippen molar-refractivity contribution in [2.75, 3.05) is 10.2 Å². The molecule has 0 unspecified atom stereocenters. The lowest BCUT2D eigenvalue weighted by molar-refractivity contribution is 0.259. The molecule has 0 bridgehead atoms. The third-order valence-corrected chi connectivity index (χ3v) is 3.21. The summed E-state index contributed by atoms with van der Waals surface area (Å²) in [6.45, 7) is 6.06. The Bertz CT molecular complexity index is 676. The monoisotopic (exact) mass is 250 g/mol. The third-order valence-electron chi connectivity index (χ3n) is 3.21. The molecule has 0 saturated heterocycles. The third kappa shape index (κ3) is 1.89. The van der Waals surface area contributed by atoms with Gasteiger partial charge < -0.3 is 5.32 Å². The number of carbonyl (C=O) groups excluding carboxylic acids is 1. The Kier molecular flexibility index (Phi) is 2.60. The molecule has 3 rings (SSSR count). The van der Waals surface area contributed by atoms with Crippen LogP contribution in [0.2, 0.25) is 0 Å². The lowest BCUT2D eigenvalue weighted by Gasteiger charge is -2.31. The number of para-hydroxylation sites is 1. The summed E-state index contributed by atoms with van der Waals surface area (Å²) in [6.07, 6.45) is 0. The zero-order valence-electron chi connectivity index (χ0n) is 10.7. The van der Waals surface area contributed by atoms with E-state index in [4.69, 9.17) is 0 Å². The smallest absolute Gasteiger partial charge is 0.307 e. The summed E-state index contributed by atoms with van der Waals surface area (Å²) < 4.78 is 0. The zero-order valence-corrected chi connectivity index (χ0v) is 10.7. The molecule has 2 aromatic rings. The van der Waals surface area contributed by atoms with Crippen LogP contribution < -0.4 is 10.2 Å². The van der Waals surface area contributed by atoms with Gasteiger partial charge in [-0.15, -0.1) is 0 Å². The number of amides is 2. The highest BCUT2D eigenvalue weighted by molar-refractivity contribution is 6.16. The number of hydrogen-bond donors (Lipinski definition) is 1. The molecule has 0 atom stereocenters. The lowest BCUT2D eigenvalue weighted by Crippen LogP contribution is -2.37. The second kappa shape index (κ2) is 4.28. The highest BCUT2D eigenvalue weighted by atomic mass is 16.2. The van der Waals surface area contributed by atoms with Crippen LogP contribution in [0.3, 0.4) is 0 Å². The quantitative estimate of drug-likeness (QED) is 0.814. The average molecular weight is 250 g/mol. The summed E-state index contributed by atoms with van der Waals surface area (Å²) >= 11 is 0. The maximum atomic E-state index is 12.2. The summed E-state index contributed by atoms with van der Waals surface area (Å²) in [5, 5.41) is 2.88. The first-order valence-electron chi connectivity index (χ1n) is 6.13. The van der Waals surface area contributed by atoms with Crippen LogP contribution in [0, 0.1) is 6.92 Å². The van der Waals surface area contributed by atoms with Crippen LogP contribution in [0.5, 0.6) is 0 Å². The van der Waals surface area contributed by atoms with E-state index in [1.165, 1.54) is 0 Å². The number of rotatable bonds is 1. The van der Waals surface area contributed by atoms with E-state index in [1.807, 2.05) is 55.5 Å². The molecule has 3 nitrogen and oxygen atoms in total. The van der Waals surface area contributed by atoms with Gasteiger partial charge in [0.25, 0.3) is 0 Å². The second-order valence-corrected chi connectivity index (χ2v) is 4.60. The first kappa shape index (κ1) is 11.5. The van der Waals surface area contributed by atoms with E-state index in [0.717, 1.165) is 22.5 Å². The molecule has 0 spiro atoms. The number of anilines is 2. The van der Waals surface area contributed by atoms with Crippen molar-refractivity contribution in [3.05, 3.63) is 66.2 Å². The van der Waals surface area contributed by atoms with E-state index in [9.17, 15) is 4.79 Å². The van der Waals surface area contributed by atoms with Crippen LogP contribution in [0.1, 0.15) is 11.1 Å². The van der Waals surface area contributed by atoms with Crippen LogP contribution in [-0.2, 0) is 0 Å². The van der Waals surface area contributed by atoms with E-state index < -0.39 is 0 Å². The molecular formula is C16H14N2O. The van der Waals surface area contributed by atoms with E-state index in [1.54, 1.807) is 4.90 Å². The molecule has 19 heavy (non-hydrogen) atoms. The van der Waals surface area contributed by atoms with Gasteiger partial charge in [-0.1, -0.05) is 36.9 Å². The first-order chi connectivity index (χ1) is 9.16. The molecule has 1 heterocycles. The highest BCUT2D eigenvalue weighted by Gasteiger charge is 2.27. The number of urea groups is 1. The maximum absolute atomic E-state index is 12.2. The van der Waals surface area contributed by atoms with Gasteiger partial charge in [0.2, 0.25) is 0 Å². The molecule has 0 radical (unpaired) electrons. The number of fused-ring (bicyclic) bond motifs is 1. The Morgan fingerprint density at radius 2 is 1.89 bits per heavy atom. The predicted octanol–water partition coefficient (Wildman–Crippen LogP) is 4.02. The molecule has 94 valence electrons. The van der Waals surface area contributed by atoms with Gasteiger partial charge in [0.05, 0.1) is 17.1 Å². The highest BCUT2D eigenvalue weighted by Crippen LogP contribution is 2.34. The van der Waals surface area contributed by atoms with Gasteiger partial charge in [-0.25, -0.2) is 4.79 Å². The minimum absolute atomic E-state index is 0.172. The van der Waals surface area contributed by atoms with Crippen molar-refractivity contribution in [3.63, 3.8) is 0 Å². The lowest BCUT2D eigenvalue weighted by atomic mass is 10.1. The van der Waals surface area contributed by atoms with Crippen molar-refractivity contribution in [2.24, 2.45) is 0 Å². The number of benzene rings is 2. The van der Waals surface area contributed by atoms with Gasteiger partial charge in [0.1, 0.15) is 0 Å². The standard InChI is InChI=1S/C16H14N2O/c1-11-6-5-7-13(10-11)18-12(2)14-8-3-4-9-15(14)17-16(18)19/h3-10H,2H2,1H3,(H,17,19). The second-order valence-electron chi connectivity index (χ2n) is 4.60. The normalized spacial score (nSPS) is 14.1. The van der Waals surface area contributed by atoms with Gasteiger partial charge in [-0.3, -0.25) is 4.90 Å². The SMILES string of the molecule is C=C1c2ccccc2NC(=O)N1c1cccc(C)c1. The maximum Gasteiger partial charge on any atom is 0.330 e. The molecule has 3 heteroatoms. The van der Waals surface area contributed by atoms with Gasteiger partial charge in [0, 0.05) is 5.56 Å². The van der Waals surface area contributed by atoms with Crippen molar-refractivity contribution >= 4 is 23.1 Å². The number of aryl methyl sites for hydroxylation is 1. The van der Waals surface area contributed by atoms with E-state index >= 15 is 0 Å². The van der Waals surface area contributed by atoms with Crippen LogP contribution in [-0.4, -0.2) is 6.03 Å². The van der Waals surface area contributed by atoms with Crippen molar-refractivity contribution < 1.29 is 4.79 Å². The number of carbonyl (C=O) groups is 1. The van der Waals surface area contributed by atoms with Crippen LogP contribution in [0.15, 0.2) is 55.1 Å². The molecular weight excluding hydrogens is 236 g/mol. The Morgan fingerprint density at radius 3 is 2.68 bits per heavy atom. The molecule has 0 saturated carbocycles. The van der Waals surface area contributed by atoms with Crippen molar-refractivity contribution in [3.8, 4) is 0 Å². The van der Waals surface area contributed by atoms with Crippen molar-refractivity contribution in [1.82, 2.24) is 0 Å². The Balaban J connectivity index is 2.09. The van der Waals surface area contributed by atoms with Gasteiger partial charge in [-0.05, 0) is 30.7 Å². The molecule has 1 N–H and O–H groups in total. The molecule has 2 aromatic carbocycles. The first-order valence-corrected chi connectivity index (χ1v) is 6.13. The van der Waals surface area contributed by atoms with Crippen LogP contribution in [0.25, 0.3) is 5.70 Å². The zero-order chi connectivity index (χ0) is 13.4. The fourth-order valence-corrected chi connectivity index (χ4v) is 2.30. The Hall–Kier alpha value is -2.55. The average Bonchev–Trinajstić information content (AvgIpc) is 2.39. The van der Waals surface area contributed by atoms with Crippen molar-refractivity contribution in [1.29, 1.82) is 0 Å². The largest absolute Gasteiger partial charge is 0.330 e. The van der Waals surface area contributed by atoms with Gasteiger partial charge in [0.15, 0.2) is 0 Å². The fraction of sp³-hybridized carbons (Fsp3) is 0.0625. The number of hydrogen-bond acceptors (Lipinski definition) is 1. The van der Waals surface area contributed by atoms with Crippen molar-refractivity contribution in [2.45, 2.75) is 6.92 Å². The topological polar surface area (TPSA) is 32.3 Å². The molecule has 1 aliphatic heterocycles. The van der Waals surface area contributed by atoms with E-state index in [-0.39, 0.29) is 6.03 Å². The fourth-order valence-electron chi connectivity index (χ4n) is 2.30. The Morgan fingerprint density at radius 1 is 1.11 bits per heavy atom. The number of nitrogens with zero attached hydrogens (tertiary/aromatic N) is 1. The summed E-state index contributed by atoms with van der Waals surface area (Å²) in [5.74, 6) is 0. The van der Waals surface area contributed by atoms with Crippen LogP contribution >= 0.6 is 0 Å². The molecule has 0 aliphatic carbocycles. The summed E-state index contributed by atoms with van der Waals surface area (Å²) in [6, 6.07) is 15.3. The number of nitrogens with one attached hydrogen (secondary N) is 1.